The first-order valence-corrected chi connectivity index (χ1v) is 6.90. The highest BCUT2D eigenvalue weighted by atomic mass is 16.3. The number of aromatic nitrogens is 1. The van der Waals surface area contributed by atoms with Gasteiger partial charge in [-0.2, -0.15) is 5.10 Å². The predicted molar refractivity (Wildman–Crippen MR) is 84.5 cm³/mol. The van der Waals surface area contributed by atoms with Crippen LogP contribution < -0.4 is 10.7 Å². The van der Waals surface area contributed by atoms with Gasteiger partial charge in [0, 0.05) is 18.9 Å². The van der Waals surface area contributed by atoms with Gasteiger partial charge in [-0.25, -0.2) is 5.43 Å². The molecule has 0 aliphatic rings. The fourth-order valence-corrected chi connectivity index (χ4v) is 1.69. The van der Waals surface area contributed by atoms with Gasteiger partial charge in [0.05, 0.1) is 6.21 Å². The molecule has 2 amide bonds. The van der Waals surface area contributed by atoms with Crippen molar-refractivity contribution in [2.45, 2.75) is 13.0 Å². The average Bonchev–Trinajstić information content (AvgIpc) is 2.56. The number of carbonyl (C=O) groups excluding carboxylic acids is 2. The summed E-state index contributed by atoms with van der Waals surface area (Å²) in [4.78, 5) is 27.1. The van der Waals surface area contributed by atoms with E-state index in [9.17, 15) is 9.59 Å². The minimum Gasteiger partial charge on any atom is -0.508 e. The number of phenols is 1. The number of nitrogens with zero attached hydrogens (tertiary/aromatic N) is 2. The molecule has 0 radical (unpaired) electrons. The number of rotatable bonds is 6. The zero-order valence-electron chi connectivity index (χ0n) is 12.3. The van der Waals surface area contributed by atoms with Crippen LogP contribution in [0.15, 0.2) is 53.9 Å². The molecule has 0 bridgehead atoms. The Morgan fingerprint density at radius 3 is 2.65 bits per heavy atom. The lowest BCUT2D eigenvalue weighted by Crippen LogP contribution is -2.29. The van der Waals surface area contributed by atoms with Crippen molar-refractivity contribution in [3.05, 3.63) is 59.9 Å². The number of aromatic hydroxyl groups is 1. The SMILES string of the molecule is O=C(CC(=O)N/N=C/c1ccc(O)cc1)NCc1cccnc1. The number of hydrazone groups is 1. The summed E-state index contributed by atoms with van der Waals surface area (Å²) in [7, 11) is 0. The van der Waals surface area contributed by atoms with Crippen molar-refractivity contribution in [3.63, 3.8) is 0 Å². The molecule has 0 aliphatic heterocycles. The predicted octanol–water partition coefficient (Wildman–Crippen LogP) is 0.944. The normalized spacial score (nSPS) is 10.4. The first-order chi connectivity index (χ1) is 11.1. The highest BCUT2D eigenvalue weighted by Gasteiger charge is 2.08. The van der Waals surface area contributed by atoms with Crippen LogP contribution >= 0.6 is 0 Å². The van der Waals surface area contributed by atoms with E-state index in [4.69, 9.17) is 5.11 Å². The minimum atomic E-state index is -0.510. The van der Waals surface area contributed by atoms with E-state index in [0.717, 1.165) is 5.56 Å². The summed E-state index contributed by atoms with van der Waals surface area (Å²) in [5, 5.41) is 15.5. The van der Waals surface area contributed by atoms with E-state index in [0.29, 0.717) is 12.1 Å². The quantitative estimate of drug-likeness (QED) is 0.419. The maximum absolute atomic E-state index is 11.6. The third-order valence-electron chi connectivity index (χ3n) is 2.83. The summed E-state index contributed by atoms with van der Waals surface area (Å²) in [6, 6.07) is 9.91. The maximum atomic E-state index is 11.6. The van der Waals surface area contributed by atoms with Gasteiger partial charge >= 0.3 is 0 Å². The van der Waals surface area contributed by atoms with Gasteiger partial charge in [-0.15, -0.1) is 0 Å². The van der Waals surface area contributed by atoms with Gasteiger partial charge < -0.3 is 10.4 Å². The van der Waals surface area contributed by atoms with Crippen molar-refractivity contribution < 1.29 is 14.7 Å². The second kappa shape index (κ2) is 8.28. The molecule has 3 N–H and O–H groups in total. The molecule has 0 saturated carbocycles. The molecular weight excluding hydrogens is 296 g/mol. The van der Waals surface area contributed by atoms with Gasteiger partial charge in [0.25, 0.3) is 0 Å². The molecule has 0 unspecified atom stereocenters. The fourth-order valence-electron chi connectivity index (χ4n) is 1.69. The van der Waals surface area contributed by atoms with E-state index in [1.54, 1.807) is 30.6 Å². The Hall–Kier alpha value is -3.22. The molecule has 7 nitrogen and oxygen atoms in total. The van der Waals surface area contributed by atoms with Gasteiger partial charge in [0.1, 0.15) is 12.2 Å². The average molecular weight is 312 g/mol. The van der Waals surface area contributed by atoms with Crippen LogP contribution in [0.5, 0.6) is 5.75 Å². The number of carbonyl (C=O) groups is 2. The van der Waals surface area contributed by atoms with Gasteiger partial charge in [0.15, 0.2) is 0 Å². The highest BCUT2D eigenvalue weighted by Crippen LogP contribution is 2.07. The number of hydrogen-bond acceptors (Lipinski definition) is 5. The van der Waals surface area contributed by atoms with E-state index in [-0.39, 0.29) is 12.2 Å². The first kappa shape index (κ1) is 16.2. The third kappa shape index (κ3) is 5.96. The number of pyridine rings is 1. The van der Waals surface area contributed by atoms with Crippen LogP contribution in [0.1, 0.15) is 17.5 Å². The maximum Gasteiger partial charge on any atom is 0.249 e. The Bertz CT molecular complexity index is 684. The standard InChI is InChI=1S/C16H16N4O3/c21-14-5-3-12(4-6-14)11-19-20-16(23)8-15(22)18-10-13-2-1-7-17-9-13/h1-7,9,11,21H,8,10H2,(H,18,22)(H,20,23)/b19-11+. The van der Waals surface area contributed by atoms with Crippen molar-refractivity contribution in [1.29, 1.82) is 0 Å². The number of hydrogen-bond donors (Lipinski definition) is 3. The summed E-state index contributed by atoms with van der Waals surface area (Å²) < 4.78 is 0. The molecule has 1 aromatic carbocycles. The molecule has 7 heteroatoms. The van der Waals surface area contributed by atoms with Crippen LogP contribution in [0.4, 0.5) is 0 Å². The monoisotopic (exact) mass is 312 g/mol. The second-order valence-electron chi connectivity index (χ2n) is 4.70. The fraction of sp³-hybridized carbons (Fsp3) is 0.125. The van der Waals surface area contributed by atoms with E-state index in [1.807, 2.05) is 6.07 Å². The zero-order chi connectivity index (χ0) is 16.5. The molecule has 2 aromatic rings. The Morgan fingerprint density at radius 2 is 1.96 bits per heavy atom. The second-order valence-corrected chi connectivity index (χ2v) is 4.70. The molecule has 1 aromatic heterocycles. The summed E-state index contributed by atoms with van der Waals surface area (Å²) in [6.45, 7) is 0.316. The van der Waals surface area contributed by atoms with E-state index in [1.165, 1.54) is 18.3 Å². The molecular formula is C16H16N4O3. The molecule has 0 fully saturated rings. The van der Waals surface area contributed by atoms with E-state index in [2.05, 4.69) is 20.8 Å². The summed E-state index contributed by atoms with van der Waals surface area (Å²) >= 11 is 0. The number of amides is 2. The van der Waals surface area contributed by atoms with E-state index < -0.39 is 11.8 Å². The van der Waals surface area contributed by atoms with E-state index >= 15 is 0 Å². The zero-order valence-corrected chi connectivity index (χ0v) is 12.3. The molecule has 0 spiro atoms. The van der Waals surface area contributed by atoms with Crippen LogP contribution in [0, 0.1) is 0 Å². The largest absolute Gasteiger partial charge is 0.508 e. The highest BCUT2D eigenvalue weighted by molar-refractivity contribution is 5.97. The van der Waals surface area contributed by atoms with Crippen LogP contribution in [0.25, 0.3) is 0 Å². The van der Waals surface area contributed by atoms with Crippen molar-refractivity contribution in [3.8, 4) is 5.75 Å². The molecule has 0 aliphatic carbocycles. The van der Waals surface area contributed by atoms with Crippen molar-refractivity contribution in [1.82, 2.24) is 15.7 Å². The van der Waals surface area contributed by atoms with Crippen LogP contribution in [0.3, 0.4) is 0 Å². The number of phenolic OH excluding ortho intramolecular Hbond substituents is 1. The van der Waals surface area contributed by atoms with Gasteiger partial charge in [-0.05, 0) is 41.5 Å². The Morgan fingerprint density at radius 1 is 1.17 bits per heavy atom. The number of nitrogens with one attached hydrogen (secondary N) is 2. The smallest absolute Gasteiger partial charge is 0.249 e. The van der Waals surface area contributed by atoms with Crippen molar-refractivity contribution in [2.75, 3.05) is 0 Å². The van der Waals surface area contributed by atoms with Gasteiger partial charge in [0.2, 0.25) is 11.8 Å². The lowest BCUT2D eigenvalue weighted by Gasteiger charge is -2.04. The Kier molecular flexibility index (Phi) is 5.81. The Labute approximate surface area is 133 Å². The van der Waals surface area contributed by atoms with Gasteiger partial charge in [-0.3, -0.25) is 14.6 Å². The molecule has 2 rings (SSSR count). The van der Waals surface area contributed by atoms with Crippen LogP contribution in [-0.4, -0.2) is 28.1 Å². The third-order valence-corrected chi connectivity index (χ3v) is 2.83. The molecule has 0 saturated heterocycles. The summed E-state index contributed by atoms with van der Waals surface area (Å²) in [6.07, 6.45) is 4.39. The van der Waals surface area contributed by atoms with Gasteiger partial charge in [-0.1, -0.05) is 6.07 Å². The molecule has 118 valence electrons. The minimum absolute atomic E-state index is 0.150. The Balaban J connectivity index is 1.71. The van der Waals surface area contributed by atoms with Crippen LogP contribution in [-0.2, 0) is 16.1 Å². The molecule has 1 heterocycles. The molecule has 23 heavy (non-hydrogen) atoms. The lowest BCUT2D eigenvalue weighted by atomic mass is 10.2. The first-order valence-electron chi connectivity index (χ1n) is 6.90. The van der Waals surface area contributed by atoms with Crippen molar-refractivity contribution >= 4 is 18.0 Å². The van der Waals surface area contributed by atoms with Crippen molar-refractivity contribution in [2.24, 2.45) is 5.10 Å². The summed E-state index contributed by atoms with van der Waals surface area (Å²) in [5.74, 6) is -0.758. The van der Waals surface area contributed by atoms with Crippen LogP contribution in [0.2, 0.25) is 0 Å². The lowest BCUT2D eigenvalue weighted by molar-refractivity contribution is -0.129. The molecule has 0 atom stereocenters. The topological polar surface area (TPSA) is 104 Å². The number of benzene rings is 1. The summed E-state index contributed by atoms with van der Waals surface area (Å²) in [5.41, 5.74) is 3.84.